The van der Waals surface area contributed by atoms with Gasteiger partial charge in [-0.1, -0.05) is 40.2 Å². The lowest BCUT2D eigenvalue weighted by molar-refractivity contribution is 0.142. The summed E-state index contributed by atoms with van der Waals surface area (Å²) >= 11 is 3.39. The molecule has 106 valence electrons. The standard InChI is InChI=1S/C15H14BrF2NO/c16-13-4-2-1-3-10(13)12(8-19)15(20)11-6-5-9(17)7-14(11)18/h1-7,12,15,20H,8,19H2. The van der Waals surface area contributed by atoms with E-state index in [1.54, 1.807) is 0 Å². The van der Waals surface area contributed by atoms with Crippen molar-refractivity contribution in [2.75, 3.05) is 6.54 Å². The first-order chi connectivity index (χ1) is 9.54. The Morgan fingerprint density at radius 1 is 1.10 bits per heavy atom. The van der Waals surface area contributed by atoms with E-state index in [1.165, 1.54) is 6.07 Å². The molecule has 2 aromatic carbocycles. The quantitative estimate of drug-likeness (QED) is 0.893. The predicted molar refractivity (Wildman–Crippen MR) is 77.3 cm³/mol. The first kappa shape index (κ1) is 15.1. The largest absolute Gasteiger partial charge is 0.388 e. The third-order valence-electron chi connectivity index (χ3n) is 3.22. The van der Waals surface area contributed by atoms with Crippen molar-refractivity contribution < 1.29 is 13.9 Å². The van der Waals surface area contributed by atoms with E-state index in [0.717, 1.165) is 22.2 Å². The van der Waals surface area contributed by atoms with Gasteiger partial charge in [-0.3, -0.25) is 0 Å². The van der Waals surface area contributed by atoms with E-state index < -0.39 is 23.7 Å². The lowest BCUT2D eigenvalue weighted by atomic mass is 9.89. The highest BCUT2D eigenvalue weighted by Gasteiger charge is 2.25. The zero-order valence-electron chi connectivity index (χ0n) is 10.6. The van der Waals surface area contributed by atoms with Crippen LogP contribution in [0.5, 0.6) is 0 Å². The molecule has 3 N–H and O–H groups in total. The van der Waals surface area contributed by atoms with Crippen LogP contribution in [0.25, 0.3) is 0 Å². The Kier molecular flexibility index (Phi) is 4.86. The van der Waals surface area contributed by atoms with Crippen LogP contribution in [0, 0.1) is 11.6 Å². The maximum atomic E-state index is 13.8. The molecule has 0 saturated carbocycles. The van der Waals surface area contributed by atoms with Crippen LogP contribution in [0.15, 0.2) is 46.9 Å². The van der Waals surface area contributed by atoms with Gasteiger partial charge in [-0.2, -0.15) is 0 Å². The van der Waals surface area contributed by atoms with Crippen molar-refractivity contribution in [2.45, 2.75) is 12.0 Å². The van der Waals surface area contributed by atoms with Crippen molar-refractivity contribution >= 4 is 15.9 Å². The Balaban J connectivity index is 2.39. The maximum absolute atomic E-state index is 13.8. The van der Waals surface area contributed by atoms with E-state index >= 15 is 0 Å². The second-order valence-electron chi connectivity index (χ2n) is 4.47. The molecule has 0 aliphatic heterocycles. The molecule has 0 aliphatic rings. The fraction of sp³-hybridized carbons (Fsp3) is 0.200. The molecule has 0 aliphatic carbocycles. The van der Waals surface area contributed by atoms with Crippen molar-refractivity contribution in [3.05, 3.63) is 69.7 Å². The van der Waals surface area contributed by atoms with Crippen LogP contribution in [-0.2, 0) is 0 Å². The summed E-state index contributed by atoms with van der Waals surface area (Å²) in [5.41, 5.74) is 6.54. The third-order valence-corrected chi connectivity index (χ3v) is 3.94. The average Bonchev–Trinajstić information content (AvgIpc) is 2.41. The number of aliphatic hydroxyl groups is 1. The van der Waals surface area contributed by atoms with Crippen LogP contribution >= 0.6 is 15.9 Å². The van der Waals surface area contributed by atoms with E-state index in [0.29, 0.717) is 0 Å². The molecule has 2 rings (SSSR count). The number of halogens is 3. The highest BCUT2D eigenvalue weighted by atomic mass is 79.9. The summed E-state index contributed by atoms with van der Waals surface area (Å²) in [6.07, 6.45) is -1.14. The lowest BCUT2D eigenvalue weighted by Crippen LogP contribution is -2.21. The summed E-state index contributed by atoms with van der Waals surface area (Å²) in [7, 11) is 0. The molecule has 0 bridgehead atoms. The third kappa shape index (κ3) is 3.06. The second-order valence-corrected chi connectivity index (χ2v) is 5.33. The summed E-state index contributed by atoms with van der Waals surface area (Å²) in [6, 6.07) is 10.4. The van der Waals surface area contributed by atoms with Gasteiger partial charge in [0.2, 0.25) is 0 Å². The van der Waals surface area contributed by atoms with Crippen LogP contribution in [0.1, 0.15) is 23.1 Å². The molecule has 0 heterocycles. The van der Waals surface area contributed by atoms with Crippen LogP contribution in [-0.4, -0.2) is 11.7 Å². The number of rotatable bonds is 4. The first-order valence-corrected chi connectivity index (χ1v) is 6.91. The van der Waals surface area contributed by atoms with E-state index in [2.05, 4.69) is 15.9 Å². The Morgan fingerprint density at radius 3 is 2.40 bits per heavy atom. The molecule has 0 radical (unpaired) electrons. The molecule has 2 atom stereocenters. The van der Waals surface area contributed by atoms with Crippen molar-refractivity contribution in [1.29, 1.82) is 0 Å². The van der Waals surface area contributed by atoms with E-state index in [-0.39, 0.29) is 12.1 Å². The minimum atomic E-state index is -1.14. The minimum Gasteiger partial charge on any atom is -0.388 e. The molecule has 0 fully saturated rings. The first-order valence-electron chi connectivity index (χ1n) is 6.12. The Bertz CT molecular complexity index is 606. The molecule has 2 aromatic rings. The lowest BCUT2D eigenvalue weighted by Gasteiger charge is -2.23. The van der Waals surface area contributed by atoms with Crippen LogP contribution < -0.4 is 5.73 Å². The monoisotopic (exact) mass is 341 g/mol. The van der Waals surface area contributed by atoms with E-state index in [4.69, 9.17) is 5.73 Å². The topological polar surface area (TPSA) is 46.2 Å². The Hall–Kier alpha value is -1.30. The van der Waals surface area contributed by atoms with E-state index in [9.17, 15) is 13.9 Å². The van der Waals surface area contributed by atoms with E-state index in [1.807, 2.05) is 24.3 Å². The van der Waals surface area contributed by atoms with Gasteiger partial charge < -0.3 is 10.8 Å². The Labute approximate surface area is 124 Å². The van der Waals surface area contributed by atoms with Crippen LogP contribution in [0.2, 0.25) is 0 Å². The number of benzene rings is 2. The van der Waals surface area contributed by atoms with Crippen LogP contribution in [0.3, 0.4) is 0 Å². The average molecular weight is 342 g/mol. The summed E-state index contributed by atoms with van der Waals surface area (Å²) in [4.78, 5) is 0. The molecule has 0 amide bonds. The zero-order valence-corrected chi connectivity index (χ0v) is 12.1. The van der Waals surface area contributed by atoms with Gasteiger partial charge in [-0.25, -0.2) is 8.78 Å². The fourth-order valence-electron chi connectivity index (χ4n) is 2.16. The van der Waals surface area contributed by atoms with Gasteiger partial charge in [-0.15, -0.1) is 0 Å². The highest BCUT2D eigenvalue weighted by Crippen LogP contribution is 2.35. The number of hydrogen-bond acceptors (Lipinski definition) is 2. The van der Waals surface area contributed by atoms with Gasteiger partial charge in [0, 0.05) is 28.6 Å². The van der Waals surface area contributed by atoms with Crippen molar-refractivity contribution in [1.82, 2.24) is 0 Å². The molecule has 0 spiro atoms. The molecular formula is C15H14BrF2NO. The summed E-state index contributed by atoms with van der Waals surface area (Å²) in [5.74, 6) is -1.93. The van der Waals surface area contributed by atoms with Gasteiger partial charge in [0.05, 0.1) is 6.10 Å². The molecule has 5 heteroatoms. The fourth-order valence-corrected chi connectivity index (χ4v) is 2.74. The molecule has 20 heavy (non-hydrogen) atoms. The maximum Gasteiger partial charge on any atom is 0.131 e. The summed E-state index contributed by atoms with van der Waals surface area (Å²) in [5, 5.41) is 10.4. The predicted octanol–water partition coefficient (Wildman–Crippen LogP) is 3.50. The highest BCUT2D eigenvalue weighted by molar-refractivity contribution is 9.10. The number of hydrogen-bond donors (Lipinski definition) is 2. The molecule has 0 aromatic heterocycles. The number of nitrogens with two attached hydrogens (primary N) is 1. The normalized spacial score (nSPS) is 14.1. The van der Waals surface area contributed by atoms with Gasteiger partial charge in [-0.05, 0) is 17.7 Å². The van der Waals surface area contributed by atoms with Crippen molar-refractivity contribution in [2.24, 2.45) is 5.73 Å². The minimum absolute atomic E-state index is 0.0394. The zero-order chi connectivity index (χ0) is 14.7. The molecule has 0 saturated heterocycles. The summed E-state index contributed by atoms with van der Waals surface area (Å²) < 4.78 is 27.5. The van der Waals surface area contributed by atoms with Crippen LogP contribution in [0.4, 0.5) is 8.78 Å². The second kappa shape index (κ2) is 6.43. The van der Waals surface area contributed by atoms with Crippen molar-refractivity contribution in [3.8, 4) is 0 Å². The summed E-state index contributed by atoms with van der Waals surface area (Å²) in [6.45, 7) is 0.139. The van der Waals surface area contributed by atoms with Gasteiger partial charge in [0.1, 0.15) is 11.6 Å². The van der Waals surface area contributed by atoms with Gasteiger partial charge in [0.15, 0.2) is 0 Å². The molecule has 2 unspecified atom stereocenters. The molecular weight excluding hydrogens is 328 g/mol. The number of aliphatic hydroxyl groups excluding tert-OH is 1. The van der Waals surface area contributed by atoms with Gasteiger partial charge >= 0.3 is 0 Å². The molecule has 2 nitrogen and oxygen atoms in total. The Morgan fingerprint density at radius 2 is 1.80 bits per heavy atom. The SMILES string of the molecule is NCC(c1ccccc1Br)C(O)c1ccc(F)cc1F. The smallest absolute Gasteiger partial charge is 0.131 e. The van der Waals surface area contributed by atoms with Crippen molar-refractivity contribution in [3.63, 3.8) is 0 Å². The van der Waals surface area contributed by atoms with Gasteiger partial charge in [0.25, 0.3) is 0 Å².